The SMILES string of the molecule is COC1=CC(=O)c2c(O)c3c(c(O)c2C1=O)C(=O)[C@]1(CCc2c1c(O)c1c(=O)[nH]c(C=NOCc4ccccc4)cc1c2I)C3=O. The number of carbonyl (C=O) groups is 4. The van der Waals surface area contributed by atoms with E-state index < -0.39 is 79.4 Å². The van der Waals surface area contributed by atoms with Crippen LogP contribution in [0.2, 0.25) is 0 Å². The number of rotatable bonds is 5. The minimum atomic E-state index is -2.13. The van der Waals surface area contributed by atoms with Gasteiger partial charge in [-0.2, -0.15) is 0 Å². The summed E-state index contributed by atoms with van der Waals surface area (Å²) in [4.78, 5) is 75.6. The van der Waals surface area contributed by atoms with Crippen LogP contribution in [-0.4, -0.2) is 56.8 Å². The highest BCUT2D eigenvalue weighted by Gasteiger charge is 2.62. The Labute approximate surface area is 272 Å². The number of phenols is 3. The van der Waals surface area contributed by atoms with Crippen molar-refractivity contribution in [2.75, 3.05) is 7.11 Å². The molecule has 4 N–H and O–H groups in total. The van der Waals surface area contributed by atoms with Crippen LogP contribution in [0.1, 0.15) is 70.2 Å². The predicted molar refractivity (Wildman–Crippen MR) is 170 cm³/mol. The number of H-pyrrole nitrogens is 1. The van der Waals surface area contributed by atoms with Gasteiger partial charge in [-0.15, -0.1) is 0 Å². The number of nitrogens with one attached hydrogen (secondary N) is 1. The number of aromatic hydroxyl groups is 3. The number of aromatic amines is 1. The van der Waals surface area contributed by atoms with Crippen LogP contribution in [0.5, 0.6) is 17.2 Å². The third-order valence-electron chi connectivity index (χ3n) is 8.70. The van der Waals surface area contributed by atoms with E-state index in [1.807, 2.05) is 52.9 Å². The Balaban J connectivity index is 1.35. The standard InChI is InChI=1S/C33H21IN2O10/c1-45-18-10-17(37)20-21(26(18)38)28(40)23-22(27(20)39)30(42)33(31(23)43)8-7-15-24(33)29(41)19-16(25(15)34)9-14(36-32(19)44)11-35-46-12-13-5-3-2-4-6-13/h2-6,9-11,39-41H,7-8,12H2,1H3,(H,36,44)/t33-/m0/s1. The van der Waals surface area contributed by atoms with Gasteiger partial charge in [-0.1, -0.05) is 35.5 Å². The molecule has 0 aliphatic heterocycles. The molecule has 0 radical (unpaired) electrons. The van der Waals surface area contributed by atoms with E-state index in [1.165, 1.54) is 6.21 Å². The molecule has 4 aromatic rings. The zero-order valence-electron chi connectivity index (χ0n) is 23.8. The number of fused-ring (bicyclic) bond motifs is 5. The topological polar surface area (TPSA) is 193 Å². The second-order valence-electron chi connectivity index (χ2n) is 11.0. The number of ether oxygens (including phenoxy) is 1. The molecule has 1 spiro atoms. The number of allylic oxidation sites excluding steroid dienone is 2. The number of Topliss-reactive ketones (excluding diaryl/α,β-unsaturated/α-hetero) is 3. The van der Waals surface area contributed by atoms with E-state index in [4.69, 9.17) is 9.57 Å². The summed E-state index contributed by atoms with van der Waals surface area (Å²) >= 11 is 1.98. The quantitative estimate of drug-likeness (QED) is 0.0768. The van der Waals surface area contributed by atoms with Crippen LogP contribution in [-0.2, 0) is 28.0 Å². The van der Waals surface area contributed by atoms with Crippen LogP contribution in [0.3, 0.4) is 0 Å². The van der Waals surface area contributed by atoms with E-state index in [9.17, 15) is 39.3 Å². The number of phenolic OH excluding ortho intramolecular Hbond substituents is 3. The molecule has 0 amide bonds. The van der Waals surface area contributed by atoms with Gasteiger partial charge in [0.2, 0.25) is 5.78 Å². The lowest BCUT2D eigenvalue weighted by atomic mass is 9.76. The summed E-state index contributed by atoms with van der Waals surface area (Å²) in [5.74, 6) is -6.71. The van der Waals surface area contributed by atoms with Crippen LogP contribution < -0.4 is 5.56 Å². The highest BCUT2D eigenvalue weighted by molar-refractivity contribution is 14.1. The van der Waals surface area contributed by atoms with E-state index in [0.29, 0.717) is 14.5 Å². The van der Waals surface area contributed by atoms with E-state index in [0.717, 1.165) is 18.7 Å². The van der Waals surface area contributed by atoms with Crippen molar-refractivity contribution in [2.24, 2.45) is 5.16 Å². The number of oxime groups is 1. The molecule has 230 valence electrons. The number of methoxy groups -OCH3 is 1. The Bertz CT molecular complexity index is 2240. The molecule has 0 bridgehead atoms. The third-order valence-corrected chi connectivity index (χ3v) is 9.94. The van der Waals surface area contributed by atoms with Crippen molar-refractivity contribution in [3.05, 3.63) is 107 Å². The lowest BCUT2D eigenvalue weighted by Crippen LogP contribution is -2.36. The molecular formula is C33H21IN2O10. The van der Waals surface area contributed by atoms with Crippen LogP contribution in [0.25, 0.3) is 10.8 Å². The molecule has 0 saturated heterocycles. The fraction of sp³-hybridized carbons (Fsp3) is 0.152. The molecule has 7 rings (SSSR count). The third kappa shape index (κ3) is 3.84. The lowest BCUT2D eigenvalue weighted by Gasteiger charge is -2.23. The number of nitrogens with zero attached hydrogens (tertiary/aromatic N) is 1. The van der Waals surface area contributed by atoms with Gasteiger partial charge in [0.25, 0.3) is 5.56 Å². The fourth-order valence-corrected chi connectivity index (χ4v) is 7.62. The summed E-state index contributed by atoms with van der Waals surface area (Å²) in [6, 6.07) is 10.9. The molecular weight excluding hydrogens is 711 g/mol. The predicted octanol–water partition coefficient (Wildman–Crippen LogP) is 3.97. The van der Waals surface area contributed by atoms with Gasteiger partial charge >= 0.3 is 0 Å². The van der Waals surface area contributed by atoms with Crippen molar-refractivity contribution in [1.82, 2.24) is 4.98 Å². The molecule has 3 aliphatic carbocycles. The van der Waals surface area contributed by atoms with Gasteiger partial charge in [0.05, 0.1) is 46.7 Å². The number of hydrogen-bond donors (Lipinski definition) is 4. The Hall–Kier alpha value is -5.31. The largest absolute Gasteiger partial charge is 0.507 e. The average Bonchev–Trinajstić information content (AvgIpc) is 3.55. The monoisotopic (exact) mass is 732 g/mol. The van der Waals surface area contributed by atoms with Crippen molar-refractivity contribution in [2.45, 2.75) is 24.9 Å². The number of halogens is 1. The lowest BCUT2D eigenvalue weighted by molar-refractivity contribution is 0.0790. The summed E-state index contributed by atoms with van der Waals surface area (Å²) in [6.07, 6.45) is 2.08. The van der Waals surface area contributed by atoms with Gasteiger partial charge in [0.15, 0.2) is 23.1 Å². The number of aromatic nitrogens is 1. The van der Waals surface area contributed by atoms with Crippen LogP contribution in [0, 0.1) is 3.57 Å². The van der Waals surface area contributed by atoms with Crippen molar-refractivity contribution < 1.29 is 44.1 Å². The highest BCUT2D eigenvalue weighted by atomic mass is 127. The highest BCUT2D eigenvalue weighted by Crippen LogP contribution is 2.58. The molecule has 46 heavy (non-hydrogen) atoms. The first kappa shape index (κ1) is 29.4. The van der Waals surface area contributed by atoms with Crippen molar-refractivity contribution in [3.8, 4) is 17.2 Å². The van der Waals surface area contributed by atoms with Crippen LogP contribution in [0.4, 0.5) is 0 Å². The van der Waals surface area contributed by atoms with Gasteiger partial charge < -0.3 is 29.9 Å². The van der Waals surface area contributed by atoms with Gasteiger partial charge in [-0.3, -0.25) is 24.0 Å². The van der Waals surface area contributed by atoms with Crippen molar-refractivity contribution in [3.63, 3.8) is 0 Å². The van der Waals surface area contributed by atoms with Crippen molar-refractivity contribution >= 4 is 62.7 Å². The molecule has 1 atom stereocenters. The summed E-state index contributed by atoms with van der Waals surface area (Å²) < 4.78 is 5.42. The summed E-state index contributed by atoms with van der Waals surface area (Å²) in [5.41, 5.74) is -3.95. The molecule has 3 aliphatic rings. The second-order valence-corrected chi connectivity index (χ2v) is 12.1. The van der Waals surface area contributed by atoms with Gasteiger partial charge in [0, 0.05) is 20.6 Å². The zero-order valence-corrected chi connectivity index (χ0v) is 25.9. The summed E-state index contributed by atoms with van der Waals surface area (Å²) in [7, 11) is 1.14. The minimum absolute atomic E-state index is 0.119. The molecule has 3 aromatic carbocycles. The fourth-order valence-electron chi connectivity index (χ4n) is 6.65. The van der Waals surface area contributed by atoms with Crippen LogP contribution >= 0.6 is 22.6 Å². The average molecular weight is 732 g/mol. The van der Waals surface area contributed by atoms with Gasteiger partial charge in [-0.05, 0) is 52.6 Å². The smallest absolute Gasteiger partial charge is 0.260 e. The Morgan fingerprint density at radius 3 is 2.30 bits per heavy atom. The number of ketones is 4. The molecule has 1 aromatic heterocycles. The van der Waals surface area contributed by atoms with Crippen LogP contribution in [0.15, 0.2) is 58.2 Å². The van der Waals surface area contributed by atoms with Gasteiger partial charge in [0.1, 0.15) is 29.3 Å². The minimum Gasteiger partial charge on any atom is -0.507 e. The number of hydrogen-bond acceptors (Lipinski definition) is 11. The van der Waals surface area contributed by atoms with E-state index in [2.05, 4.69) is 10.1 Å². The zero-order chi connectivity index (χ0) is 32.7. The molecule has 12 nitrogen and oxygen atoms in total. The number of benzene rings is 3. The maximum Gasteiger partial charge on any atom is 0.260 e. The molecule has 0 fully saturated rings. The second kappa shape index (κ2) is 10.4. The first-order chi connectivity index (χ1) is 22.0. The van der Waals surface area contributed by atoms with E-state index >= 15 is 0 Å². The van der Waals surface area contributed by atoms with E-state index in [1.54, 1.807) is 6.07 Å². The molecule has 13 heteroatoms. The summed E-state index contributed by atoms with van der Waals surface area (Å²) in [6.45, 7) is 0.202. The Morgan fingerprint density at radius 1 is 0.957 bits per heavy atom. The molecule has 1 heterocycles. The number of carbonyl (C=O) groups excluding carboxylic acids is 4. The Morgan fingerprint density at radius 2 is 1.63 bits per heavy atom. The first-order valence-electron chi connectivity index (χ1n) is 13.9. The van der Waals surface area contributed by atoms with E-state index in [-0.39, 0.29) is 36.1 Å². The maximum absolute atomic E-state index is 14.2. The first-order valence-corrected chi connectivity index (χ1v) is 15.0. The maximum atomic E-state index is 14.2. The number of pyridine rings is 1. The van der Waals surface area contributed by atoms with Crippen molar-refractivity contribution in [1.29, 1.82) is 0 Å². The molecule has 0 saturated carbocycles. The summed E-state index contributed by atoms with van der Waals surface area (Å²) in [5, 5.41) is 38.0. The normalized spacial score (nSPS) is 18.3. The molecule has 0 unspecified atom stereocenters. The Kier molecular flexibility index (Phi) is 6.63. The van der Waals surface area contributed by atoms with Gasteiger partial charge in [-0.25, -0.2) is 0 Å².